The molecule has 8 nitrogen and oxygen atoms in total. The summed E-state index contributed by atoms with van der Waals surface area (Å²) in [5.74, 6) is 0. The summed E-state index contributed by atoms with van der Waals surface area (Å²) in [6.07, 6.45) is 1.03. The average molecular weight is 429 g/mol. The van der Waals surface area contributed by atoms with Crippen molar-refractivity contribution in [2.45, 2.75) is 18.2 Å². The largest absolute Gasteiger partial charge is 0.370 e. The zero-order valence-electron chi connectivity index (χ0n) is 16.7. The highest BCUT2D eigenvalue weighted by molar-refractivity contribution is 7.89. The van der Waals surface area contributed by atoms with Crippen LogP contribution in [-0.2, 0) is 14.8 Å². The second-order valence-corrected chi connectivity index (χ2v) is 9.40. The van der Waals surface area contributed by atoms with E-state index in [0.717, 1.165) is 57.1 Å². The second-order valence-electron chi connectivity index (χ2n) is 6.84. The van der Waals surface area contributed by atoms with E-state index in [-0.39, 0.29) is 4.90 Å². The number of hydrogen-bond donors (Lipinski definition) is 3. The van der Waals surface area contributed by atoms with Crippen LogP contribution in [0.1, 0.15) is 18.9 Å². The Kier molecular flexibility index (Phi) is 8.77. The van der Waals surface area contributed by atoms with Gasteiger partial charge < -0.3 is 15.0 Å². The number of quaternary nitrogens is 1. The molecule has 1 fully saturated rings. The maximum atomic E-state index is 12.1. The maximum absolute atomic E-state index is 12.1. The molecule has 0 bridgehead atoms. The topological polar surface area (TPSA) is 87.5 Å². The van der Waals surface area contributed by atoms with Crippen molar-refractivity contribution in [2.24, 2.45) is 5.10 Å². The summed E-state index contributed by atoms with van der Waals surface area (Å²) in [6.45, 7) is 7.57. The van der Waals surface area contributed by atoms with Gasteiger partial charge in [-0.3, -0.25) is 5.43 Å². The van der Waals surface area contributed by atoms with E-state index in [4.69, 9.17) is 17.0 Å². The monoisotopic (exact) mass is 428 g/mol. The highest BCUT2D eigenvalue weighted by atomic mass is 32.2. The van der Waals surface area contributed by atoms with Gasteiger partial charge in [0.05, 0.1) is 30.4 Å². The molecule has 28 heavy (non-hydrogen) atoms. The van der Waals surface area contributed by atoms with E-state index in [2.05, 4.69) is 15.8 Å². The average Bonchev–Trinajstić information content (AvgIpc) is 2.70. The first-order valence-corrected chi connectivity index (χ1v) is 11.2. The van der Waals surface area contributed by atoms with E-state index < -0.39 is 10.0 Å². The molecule has 156 valence electrons. The van der Waals surface area contributed by atoms with Crippen molar-refractivity contribution in [1.82, 2.24) is 15.0 Å². The number of morpholine rings is 1. The minimum Gasteiger partial charge on any atom is -0.370 e. The lowest BCUT2D eigenvalue weighted by Crippen LogP contribution is -3.14. The third-order valence-corrected chi connectivity index (χ3v) is 6.63. The highest BCUT2D eigenvalue weighted by Crippen LogP contribution is 2.14. The molecule has 1 aromatic carbocycles. The molecule has 2 rings (SSSR count). The minimum atomic E-state index is -3.43. The van der Waals surface area contributed by atoms with E-state index in [1.807, 2.05) is 6.92 Å². The molecule has 0 atom stereocenters. The quantitative estimate of drug-likeness (QED) is 0.223. The number of nitrogens with one attached hydrogen (secondary N) is 3. The van der Waals surface area contributed by atoms with Gasteiger partial charge in [0.15, 0.2) is 5.11 Å². The van der Waals surface area contributed by atoms with Gasteiger partial charge in [-0.05, 0) is 36.8 Å². The standard InChI is InChI=1S/C18H29N5O3S2/c1-15(16-5-7-17(8-6-16)28(24,25)22(2)3)20-21-18(27)19-9-4-10-23-11-13-26-14-12-23/h5-8H,4,9-14H2,1-3H3,(H2,19,21,27)/p+1/b20-15-. The molecule has 1 aliphatic rings. The van der Waals surface area contributed by atoms with Gasteiger partial charge >= 0.3 is 0 Å². The molecule has 0 aromatic heterocycles. The zero-order valence-corrected chi connectivity index (χ0v) is 18.3. The number of ether oxygens (including phenoxy) is 1. The van der Waals surface area contributed by atoms with Crippen molar-refractivity contribution in [1.29, 1.82) is 0 Å². The molecule has 0 radical (unpaired) electrons. The van der Waals surface area contributed by atoms with E-state index in [9.17, 15) is 8.42 Å². The molecule has 0 amide bonds. The number of thiocarbonyl (C=S) groups is 1. The molecular weight excluding hydrogens is 398 g/mol. The Balaban J connectivity index is 1.77. The van der Waals surface area contributed by atoms with E-state index >= 15 is 0 Å². The molecule has 0 aliphatic carbocycles. The fraction of sp³-hybridized carbons (Fsp3) is 0.556. The molecule has 10 heteroatoms. The molecule has 1 saturated heterocycles. The lowest BCUT2D eigenvalue weighted by molar-refractivity contribution is -0.908. The van der Waals surface area contributed by atoms with Gasteiger partial charge in [0.25, 0.3) is 0 Å². The molecule has 1 aliphatic heterocycles. The minimum absolute atomic E-state index is 0.251. The predicted octanol–water partition coefficient (Wildman–Crippen LogP) is -0.570. The molecular formula is C18H30N5O3S2+. The Morgan fingerprint density at radius 3 is 2.50 bits per heavy atom. The van der Waals surface area contributed by atoms with Crippen LogP contribution in [0.25, 0.3) is 0 Å². The third-order valence-electron chi connectivity index (χ3n) is 4.57. The first-order chi connectivity index (χ1) is 13.3. The van der Waals surface area contributed by atoms with Gasteiger partial charge in [0.2, 0.25) is 10.0 Å². The number of hydrazone groups is 1. The van der Waals surface area contributed by atoms with Crippen LogP contribution < -0.4 is 15.6 Å². The number of nitrogens with zero attached hydrogens (tertiary/aromatic N) is 2. The fourth-order valence-electron chi connectivity index (χ4n) is 2.77. The summed E-state index contributed by atoms with van der Waals surface area (Å²) < 4.78 is 30.8. The number of rotatable bonds is 8. The highest BCUT2D eigenvalue weighted by Gasteiger charge is 2.16. The number of sulfonamides is 1. The van der Waals surface area contributed by atoms with Crippen molar-refractivity contribution in [2.75, 3.05) is 53.5 Å². The van der Waals surface area contributed by atoms with E-state index in [1.165, 1.54) is 18.4 Å². The molecule has 3 N–H and O–H groups in total. The van der Waals surface area contributed by atoms with Crippen LogP contribution in [-0.4, -0.2) is 77.0 Å². The lowest BCUT2D eigenvalue weighted by Gasteiger charge is -2.23. The van der Waals surface area contributed by atoms with Gasteiger partial charge in [-0.15, -0.1) is 0 Å². The van der Waals surface area contributed by atoms with Crippen LogP contribution in [0, 0.1) is 0 Å². The summed E-state index contributed by atoms with van der Waals surface area (Å²) in [5, 5.41) is 7.90. The van der Waals surface area contributed by atoms with Crippen LogP contribution in [0.5, 0.6) is 0 Å². The molecule has 0 unspecified atom stereocenters. The number of benzene rings is 1. The predicted molar refractivity (Wildman–Crippen MR) is 114 cm³/mol. The van der Waals surface area contributed by atoms with Gasteiger partial charge in [0, 0.05) is 27.1 Å². The van der Waals surface area contributed by atoms with Gasteiger partial charge in [-0.25, -0.2) is 12.7 Å². The maximum Gasteiger partial charge on any atom is 0.242 e. The third kappa shape index (κ3) is 6.78. The molecule has 0 saturated carbocycles. The molecule has 1 aromatic rings. The zero-order chi connectivity index (χ0) is 20.6. The van der Waals surface area contributed by atoms with E-state index in [0.29, 0.717) is 5.11 Å². The summed E-state index contributed by atoms with van der Waals surface area (Å²) in [7, 11) is -0.408. The van der Waals surface area contributed by atoms with Crippen molar-refractivity contribution in [3.63, 3.8) is 0 Å². The van der Waals surface area contributed by atoms with Gasteiger partial charge in [-0.2, -0.15) is 5.10 Å². The lowest BCUT2D eigenvalue weighted by atomic mass is 10.1. The Bertz CT molecular complexity index is 773. The second kappa shape index (κ2) is 10.8. The van der Waals surface area contributed by atoms with Crippen molar-refractivity contribution in [3.8, 4) is 0 Å². The normalized spacial score (nSPS) is 16.2. The summed E-state index contributed by atoms with van der Waals surface area (Å²) in [6, 6.07) is 6.62. The Morgan fingerprint density at radius 1 is 1.25 bits per heavy atom. The Morgan fingerprint density at radius 2 is 1.89 bits per heavy atom. The van der Waals surface area contributed by atoms with E-state index in [1.54, 1.807) is 29.2 Å². The fourth-order valence-corrected chi connectivity index (χ4v) is 3.82. The van der Waals surface area contributed by atoms with Crippen molar-refractivity contribution >= 4 is 33.1 Å². The Hall–Kier alpha value is -1.59. The van der Waals surface area contributed by atoms with Crippen LogP contribution in [0.3, 0.4) is 0 Å². The molecule has 0 spiro atoms. The van der Waals surface area contributed by atoms with Gasteiger partial charge in [-0.1, -0.05) is 12.1 Å². The first-order valence-electron chi connectivity index (χ1n) is 9.33. The summed E-state index contributed by atoms with van der Waals surface area (Å²) in [5.41, 5.74) is 4.38. The van der Waals surface area contributed by atoms with Crippen molar-refractivity contribution < 1.29 is 18.1 Å². The molecule has 1 heterocycles. The Labute approximate surface area is 173 Å². The SMILES string of the molecule is C/C(=N/NC(=S)NCCC[NH+]1CCOCC1)c1ccc(S(=O)(=O)N(C)C)cc1. The van der Waals surface area contributed by atoms with Crippen molar-refractivity contribution in [3.05, 3.63) is 29.8 Å². The summed E-state index contributed by atoms with van der Waals surface area (Å²) in [4.78, 5) is 1.82. The first kappa shape index (κ1) is 22.7. The van der Waals surface area contributed by atoms with Crippen LogP contribution >= 0.6 is 12.2 Å². The van der Waals surface area contributed by atoms with Gasteiger partial charge in [0.1, 0.15) is 13.1 Å². The van der Waals surface area contributed by atoms with Crippen LogP contribution in [0.4, 0.5) is 0 Å². The number of hydrogen-bond acceptors (Lipinski definition) is 5. The van der Waals surface area contributed by atoms with Crippen LogP contribution in [0.2, 0.25) is 0 Å². The smallest absolute Gasteiger partial charge is 0.242 e. The van der Waals surface area contributed by atoms with Crippen LogP contribution in [0.15, 0.2) is 34.3 Å². The summed E-state index contributed by atoms with van der Waals surface area (Å²) >= 11 is 5.25.